The van der Waals surface area contributed by atoms with Crippen LogP contribution >= 0.6 is 0 Å². The maximum Gasteiger partial charge on any atom is 0.172 e. The van der Waals surface area contributed by atoms with E-state index in [1.165, 1.54) is 0 Å². The van der Waals surface area contributed by atoms with Crippen LogP contribution in [0.2, 0.25) is 0 Å². The highest BCUT2D eigenvalue weighted by Crippen LogP contribution is 2.40. The molecule has 2 N–H and O–H groups in total. The van der Waals surface area contributed by atoms with Gasteiger partial charge in [0.05, 0.1) is 6.42 Å². The molecule has 2 aromatic heterocycles. The lowest BCUT2D eigenvalue weighted by molar-refractivity contribution is -0.119. The Bertz CT molecular complexity index is 1200. The van der Waals surface area contributed by atoms with Crippen molar-refractivity contribution in [1.82, 2.24) is 9.97 Å². The van der Waals surface area contributed by atoms with Crippen molar-refractivity contribution >= 4 is 44.5 Å². The molecule has 0 fully saturated rings. The molecular formula is C23H18N2O2. The van der Waals surface area contributed by atoms with Crippen LogP contribution < -0.4 is 0 Å². The lowest BCUT2D eigenvalue weighted by Gasteiger charge is -2.05. The smallest absolute Gasteiger partial charge is 0.172 e. The Balaban J connectivity index is 1.82. The van der Waals surface area contributed by atoms with Crippen LogP contribution in [0.25, 0.3) is 33.0 Å². The maximum atomic E-state index is 12.8. The van der Waals surface area contributed by atoms with E-state index in [1.54, 1.807) is 0 Å². The fraction of sp³-hybridized carbons (Fsp3) is 0.130. The first-order chi connectivity index (χ1) is 13.0. The SMILES string of the molecule is Cc1ccc2c(C3=C(c4c[nH]c5cc(C)ccc45)C(=O)CC3=O)c[nH]c2c1. The van der Waals surface area contributed by atoms with Crippen molar-refractivity contribution in [3.63, 3.8) is 0 Å². The van der Waals surface area contributed by atoms with Crippen LogP contribution in [0.5, 0.6) is 0 Å². The number of carbonyl (C=O) groups is 2. The van der Waals surface area contributed by atoms with Crippen LogP contribution in [0, 0.1) is 13.8 Å². The monoisotopic (exact) mass is 354 g/mol. The van der Waals surface area contributed by atoms with Gasteiger partial charge in [0.2, 0.25) is 0 Å². The zero-order valence-corrected chi connectivity index (χ0v) is 15.1. The molecule has 2 aromatic carbocycles. The van der Waals surface area contributed by atoms with Gasteiger partial charge < -0.3 is 9.97 Å². The van der Waals surface area contributed by atoms with E-state index in [4.69, 9.17) is 0 Å². The third-order valence-corrected chi connectivity index (χ3v) is 5.34. The molecule has 4 nitrogen and oxygen atoms in total. The molecule has 0 saturated heterocycles. The molecule has 2 heterocycles. The molecule has 132 valence electrons. The number of carbonyl (C=O) groups excluding carboxylic acids is 2. The molecule has 0 unspecified atom stereocenters. The van der Waals surface area contributed by atoms with E-state index >= 15 is 0 Å². The van der Waals surface area contributed by atoms with Gasteiger partial charge in [-0.1, -0.05) is 24.3 Å². The van der Waals surface area contributed by atoms with Crippen molar-refractivity contribution in [3.05, 3.63) is 71.0 Å². The first-order valence-electron chi connectivity index (χ1n) is 9.00. The maximum absolute atomic E-state index is 12.8. The van der Waals surface area contributed by atoms with Crippen molar-refractivity contribution in [2.45, 2.75) is 20.3 Å². The number of aryl methyl sites for hydroxylation is 2. The van der Waals surface area contributed by atoms with Crippen LogP contribution in [0.4, 0.5) is 0 Å². The van der Waals surface area contributed by atoms with Crippen LogP contribution in [0.15, 0.2) is 48.8 Å². The normalized spacial score (nSPS) is 14.9. The summed E-state index contributed by atoms with van der Waals surface area (Å²) >= 11 is 0. The Morgan fingerprint density at radius 2 is 1.15 bits per heavy atom. The lowest BCUT2D eigenvalue weighted by atomic mass is 9.95. The summed E-state index contributed by atoms with van der Waals surface area (Å²) in [6.07, 6.45) is 3.62. The molecule has 0 aliphatic heterocycles. The summed E-state index contributed by atoms with van der Waals surface area (Å²) in [6.45, 7) is 4.06. The number of fused-ring (bicyclic) bond motifs is 2. The fourth-order valence-corrected chi connectivity index (χ4v) is 4.06. The molecule has 27 heavy (non-hydrogen) atoms. The molecule has 0 bridgehead atoms. The largest absolute Gasteiger partial charge is 0.361 e. The molecule has 4 heteroatoms. The molecule has 5 rings (SSSR count). The summed E-state index contributed by atoms with van der Waals surface area (Å²) in [5, 5.41) is 1.93. The van der Waals surface area contributed by atoms with Gasteiger partial charge >= 0.3 is 0 Å². The third kappa shape index (κ3) is 2.30. The predicted octanol–water partition coefficient (Wildman–Crippen LogP) is 4.72. The number of allylic oxidation sites excluding steroid dienone is 2. The second kappa shape index (κ2) is 5.55. The quantitative estimate of drug-likeness (QED) is 0.512. The number of ketones is 2. The van der Waals surface area contributed by atoms with Gasteiger partial charge in [0.15, 0.2) is 11.6 Å². The van der Waals surface area contributed by atoms with Crippen LogP contribution in [-0.2, 0) is 9.59 Å². The molecule has 0 spiro atoms. The van der Waals surface area contributed by atoms with E-state index in [0.29, 0.717) is 11.1 Å². The van der Waals surface area contributed by atoms with Gasteiger partial charge in [0, 0.05) is 56.5 Å². The summed E-state index contributed by atoms with van der Waals surface area (Å²) in [7, 11) is 0. The summed E-state index contributed by atoms with van der Waals surface area (Å²) in [5.41, 5.74) is 6.89. The second-order valence-corrected chi connectivity index (χ2v) is 7.28. The number of aromatic amines is 2. The molecular weight excluding hydrogens is 336 g/mol. The summed E-state index contributed by atoms with van der Waals surface area (Å²) in [4.78, 5) is 32.1. The van der Waals surface area contributed by atoms with Gasteiger partial charge in [0.1, 0.15) is 0 Å². The van der Waals surface area contributed by atoms with E-state index in [2.05, 4.69) is 22.1 Å². The number of hydrogen-bond acceptors (Lipinski definition) is 2. The third-order valence-electron chi connectivity index (χ3n) is 5.34. The van der Waals surface area contributed by atoms with E-state index in [-0.39, 0.29) is 18.0 Å². The van der Waals surface area contributed by atoms with Gasteiger partial charge in [-0.15, -0.1) is 0 Å². The van der Waals surface area contributed by atoms with Gasteiger partial charge in [-0.2, -0.15) is 0 Å². The molecule has 1 aliphatic rings. The number of nitrogens with one attached hydrogen (secondary N) is 2. The van der Waals surface area contributed by atoms with Crippen molar-refractivity contribution in [3.8, 4) is 0 Å². The number of hydrogen-bond donors (Lipinski definition) is 2. The standard InChI is InChI=1S/C23H18N2O2/c1-12-3-5-14-16(10-24-18(14)7-12)22-20(26)9-21(27)23(22)17-11-25-19-8-13(2)4-6-15(17)19/h3-8,10-11,24-25H,9H2,1-2H3. The highest BCUT2D eigenvalue weighted by atomic mass is 16.2. The number of rotatable bonds is 2. The van der Waals surface area contributed by atoms with Crippen molar-refractivity contribution < 1.29 is 9.59 Å². The molecule has 0 radical (unpaired) electrons. The van der Waals surface area contributed by atoms with Crippen LogP contribution in [0.1, 0.15) is 28.7 Å². The summed E-state index contributed by atoms with van der Waals surface area (Å²) in [5.74, 6) is -0.226. The van der Waals surface area contributed by atoms with Crippen molar-refractivity contribution in [2.75, 3.05) is 0 Å². The van der Waals surface area contributed by atoms with Gasteiger partial charge in [0.25, 0.3) is 0 Å². The van der Waals surface area contributed by atoms with E-state index in [1.807, 2.05) is 50.5 Å². The zero-order valence-electron chi connectivity index (χ0n) is 15.1. The first-order valence-corrected chi connectivity index (χ1v) is 9.00. The summed E-state index contributed by atoms with van der Waals surface area (Å²) < 4.78 is 0. The minimum absolute atomic E-state index is 0.0677. The number of H-pyrrole nitrogens is 2. The highest BCUT2D eigenvalue weighted by molar-refractivity contribution is 6.52. The lowest BCUT2D eigenvalue weighted by Crippen LogP contribution is -1.96. The Labute approximate surface area is 155 Å². The molecule has 0 saturated carbocycles. The Kier molecular flexibility index (Phi) is 3.25. The molecule has 1 aliphatic carbocycles. The molecule has 0 amide bonds. The summed E-state index contributed by atoms with van der Waals surface area (Å²) in [6, 6.07) is 12.2. The van der Waals surface area contributed by atoms with Gasteiger partial charge in [-0.05, 0) is 37.1 Å². The Morgan fingerprint density at radius 3 is 1.59 bits per heavy atom. The number of aromatic nitrogens is 2. The van der Waals surface area contributed by atoms with E-state index < -0.39 is 0 Å². The van der Waals surface area contributed by atoms with Gasteiger partial charge in [-0.25, -0.2) is 0 Å². The van der Waals surface area contributed by atoms with Crippen molar-refractivity contribution in [2.24, 2.45) is 0 Å². The highest BCUT2D eigenvalue weighted by Gasteiger charge is 2.34. The zero-order chi connectivity index (χ0) is 18.7. The molecule has 4 aromatic rings. The van der Waals surface area contributed by atoms with Crippen LogP contribution in [-0.4, -0.2) is 21.5 Å². The van der Waals surface area contributed by atoms with Crippen molar-refractivity contribution in [1.29, 1.82) is 0 Å². The van der Waals surface area contributed by atoms with Gasteiger partial charge in [-0.3, -0.25) is 9.59 Å². The molecule has 0 atom stereocenters. The first kappa shape index (κ1) is 15.8. The number of Topliss-reactive ketones (excluding diaryl/α,β-unsaturated/α-hetero) is 2. The fourth-order valence-electron chi connectivity index (χ4n) is 4.06. The Hall–Kier alpha value is -3.40. The minimum Gasteiger partial charge on any atom is -0.361 e. The average molecular weight is 354 g/mol. The Morgan fingerprint density at radius 1 is 0.704 bits per heavy atom. The number of benzene rings is 2. The minimum atomic E-state index is -0.113. The topological polar surface area (TPSA) is 65.7 Å². The average Bonchev–Trinajstić information content (AvgIpc) is 3.29. The predicted molar refractivity (Wildman–Crippen MR) is 108 cm³/mol. The van der Waals surface area contributed by atoms with E-state index in [0.717, 1.165) is 44.1 Å². The second-order valence-electron chi connectivity index (χ2n) is 7.28. The van der Waals surface area contributed by atoms with Crippen LogP contribution in [0.3, 0.4) is 0 Å². The van der Waals surface area contributed by atoms with E-state index in [9.17, 15) is 9.59 Å².